The van der Waals surface area contributed by atoms with E-state index in [1.807, 2.05) is 61.5 Å². The van der Waals surface area contributed by atoms with E-state index in [1.54, 1.807) is 4.57 Å². The number of rotatable bonds is 9. The quantitative estimate of drug-likeness (QED) is 0.233. The summed E-state index contributed by atoms with van der Waals surface area (Å²) < 4.78 is 31.4. The van der Waals surface area contributed by atoms with Crippen LogP contribution in [-0.4, -0.2) is 35.4 Å². The number of halogens is 1. The van der Waals surface area contributed by atoms with Gasteiger partial charge >= 0.3 is 0 Å². The van der Waals surface area contributed by atoms with Crippen molar-refractivity contribution in [2.75, 3.05) is 11.3 Å². The summed E-state index contributed by atoms with van der Waals surface area (Å²) in [6.45, 7) is 2.75. The molecule has 0 atom stereocenters. The molecule has 5 rings (SSSR count). The van der Waals surface area contributed by atoms with Crippen molar-refractivity contribution >= 4 is 55.5 Å². The molecule has 38 heavy (non-hydrogen) atoms. The average Bonchev–Trinajstić information content (AvgIpc) is 3.19. The molecule has 0 aliphatic rings. The summed E-state index contributed by atoms with van der Waals surface area (Å²) in [6, 6.07) is 22.8. The second-order valence-electron chi connectivity index (χ2n) is 8.85. The number of benzene rings is 3. The largest absolute Gasteiger partial charge is 0.352 e. The van der Waals surface area contributed by atoms with Crippen LogP contribution >= 0.6 is 11.6 Å². The van der Waals surface area contributed by atoms with E-state index in [9.17, 15) is 13.2 Å². The summed E-state index contributed by atoms with van der Waals surface area (Å²) in [5, 5.41) is 3.33. The Morgan fingerprint density at radius 3 is 2.26 bits per heavy atom. The van der Waals surface area contributed by atoms with Crippen LogP contribution in [0.15, 0.2) is 83.8 Å². The molecule has 5 aromatic rings. The van der Waals surface area contributed by atoms with Crippen LogP contribution in [0.1, 0.15) is 35.7 Å². The minimum atomic E-state index is -4.09. The molecular formula is C28H26ClN5O3S. The van der Waals surface area contributed by atoms with Crippen LogP contribution in [0.3, 0.4) is 0 Å². The normalized spacial score (nSPS) is 11.6. The molecular weight excluding hydrogens is 522 g/mol. The minimum Gasteiger partial charge on any atom is -0.352 e. The van der Waals surface area contributed by atoms with E-state index in [1.165, 1.54) is 24.3 Å². The van der Waals surface area contributed by atoms with E-state index in [4.69, 9.17) is 21.6 Å². The number of anilines is 1. The molecule has 0 aliphatic heterocycles. The van der Waals surface area contributed by atoms with Gasteiger partial charge in [0.05, 0.1) is 22.5 Å². The van der Waals surface area contributed by atoms with E-state index >= 15 is 0 Å². The lowest BCUT2D eigenvalue weighted by atomic mass is 10.2. The Kier molecular flexibility index (Phi) is 7.31. The molecule has 0 radical (unpaired) electrons. The molecule has 194 valence electrons. The monoisotopic (exact) mass is 547 g/mol. The van der Waals surface area contributed by atoms with Crippen molar-refractivity contribution < 1.29 is 13.2 Å². The van der Waals surface area contributed by atoms with Crippen LogP contribution in [0.25, 0.3) is 22.2 Å². The van der Waals surface area contributed by atoms with Gasteiger partial charge in [-0.15, -0.1) is 0 Å². The van der Waals surface area contributed by atoms with Gasteiger partial charge in [0, 0.05) is 11.6 Å². The lowest BCUT2D eigenvalue weighted by Crippen LogP contribution is -2.26. The SMILES string of the molecule is CCCCNC(=O)c1c(NS(=O)(=O)c2ccc(Cl)cc2)n(Cc2ccccc2)c2nc3ccccc3nc12. The Hall–Kier alpha value is -3.95. The molecule has 2 aromatic heterocycles. The third-order valence-corrected chi connectivity index (χ3v) is 7.74. The zero-order chi connectivity index (χ0) is 26.7. The van der Waals surface area contributed by atoms with Crippen molar-refractivity contribution in [3.8, 4) is 0 Å². The van der Waals surface area contributed by atoms with Gasteiger partial charge in [0.1, 0.15) is 16.9 Å². The van der Waals surface area contributed by atoms with Gasteiger partial charge in [-0.05, 0) is 48.4 Å². The molecule has 0 unspecified atom stereocenters. The topological polar surface area (TPSA) is 106 Å². The summed E-state index contributed by atoms with van der Waals surface area (Å²) in [5.41, 5.74) is 3.00. The molecule has 0 saturated carbocycles. The predicted octanol–water partition coefficient (Wildman–Crippen LogP) is 5.62. The fourth-order valence-electron chi connectivity index (χ4n) is 4.21. The van der Waals surface area contributed by atoms with Gasteiger partial charge in [0.15, 0.2) is 5.65 Å². The van der Waals surface area contributed by atoms with Crippen LogP contribution in [0.5, 0.6) is 0 Å². The highest BCUT2D eigenvalue weighted by Crippen LogP contribution is 2.32. The number of nitrogens with zero attached hydrogens (tertiary/aromatic N) is 3. The molecule has 0 spiro atoms. The molecule has 0 fully saturated rings. The van der Waals surface area contributed by atoms with E-state index in [0.717, 1.165) is 18.4 Å². The maximum absolute atomic E-state index is 13.6. The fourth-order valence-corrected chi connectivity index (χ4v) is 5.41. The molecule has 10 heteroatoms. The fraction of sp³-hybridized carbons (Fsp3) is 0.179. The van der Waals surface area contributed by atoms with Crippen LogP contribution < -0.4 is 10.0 Å². The number of fused-ring (bicyclic) bond motifs is 2. The van der Waals surface area contributed by atoms with Gasteiger partial charge in [-0.2, -0.15) is 0 Å². The van der Waals surface area contributed by atoms with Gasteiger partial charge in [0.25, 0.3) is 15.9 Å². The first-order chi connectivity index (χ1) is 18.4. The first-order valence-electron chi connectivity index (χ1n) is 12.3. The highest BCUT2D eigenvalue weighted by atomic mass is 35.5. The minimum absolute atomic E-state index is 0.0156. The van der Waals surface area contributed by atoms with Crippen molar-refractivity contribution in [2.45, 2.75) is 31.2 Å². The van der Waals surface area contributed by atoms with Crippen LogP contribution in [0.2, 0.25) is 5.02 Å². The lowest BCUT2D eigenvalue weighted by molar-refractivity contribution is 0.0955. The third-order valence-electron chi connectivity index (χ3n) is 6.13. The van der Waals surface area contributed by atoms with Crippen molar-refractivity contribution in [3.63, 3.8) is 0 Å². The number of hydrogen-bond donors (Lipinski definition) is 2. The molecule has 0 aliphatic carbocycles. The lowest BCUT2D eigenvalue weighted by Gasteiger charge is -2.14. The van der Waals surface area contributed by atoms with E-state index in [0.29, 0.717) is 33.8 Å². The number of nitrogens with one attached hydrogen (secondary N) is 2. The number of amides is 1. The molecule has 2 N–H and O–H groups in total. The highest BCUT2D eigenvalue weighted by Gasteiger charge is 2.29. The van der Waals surface area contributed by atoms with Gasteiger partial charge in [0.2, 0.25) is 0 Å². The summed E-state index contributed by atoms with van der Waals surface area (Å²) in [4.78, 5) is 23.2. The smallest absolute Gasteiger partial charge is 0.263 e. The number of sulfonamides is 1. The predicted molar refractivity (Wildman–Crippen MR) is 150 cm³/mol. The zero-order valence-corrected chi connectivity index (χ0v) is 22.3. The molecule has 1 amide bonds. The highest BCUT2D eigenvalue weighted by molar-refractivity contribution is 7.92. The molecule has 0 saturated heterocycles. The van der Waals surface area contributed by atoms with Crippen LogP contribution in [0.4, 0.5) is 5.82 Å². The van der Waals surface area contributed by atoms with E-state index < -0.39 is 15.9 Å². The van der Waals surface area contributed by atoms with Gasteiger partial charge in [-0.1, -0.05) is 67.4 Å². The maximum Gasteiger partial charge on any atom is 0.263 e. The van der Waals surface area contributed by atoms with Crippen LogP contribution in [0, 0.1) is 0 Å². The first-order valence-corrected chi connectivity index (χ1v) is 14.1. The second-order valence-corrected chi connectivity index (χ2v) is 11.0. The molecule has 3 aromatic carbocycles. The number of carbonyl (C=O) groups is 1. The maximum atomic E-state index is 13.6. The number of unbranched alkanes of at least 4 members (excludes halogenated alkanes) is 1. The first kappa shape index (κ1) is 25.7. The van der Waals surface area contributed by atoms with Crippen molar-refractivity contribution in [2.24, 2.45) is 0 Å². The van der Waals surface area contributed by atoms with Crippen molar-refractivity contribution in [1.82, 2.24) is 19.9 Å². The van der Waals surface area contributed by atoms with Gasteiger partial charge < -0.3 is 9.88 Å². The Morgan fingerprint density at radius 1 is 0.921 bits per heavy atom. The van der Waals surface area contributed by atoms with Gasteiger partial charge in [-0.25, -0.2) is 18.4 Å². The number of para-hydroxylation sites is 2. The van der Waals surface area contributed by atoms with Crippen LogP contribution in [-0.2, 0) is 16.6 Å². The Balaban J connectivity index is 1.75. The van der Waals surface area contributed by atoms with E-state index in [2.05, 4.69) is 10.0 Å². The summed E-state index contributed by atoms with van der Waals surface area (Å²) in [6.07, 6.45) is 1.69. The molecule has 8 nitrogen and oxygen atoms in total. The molecule has 2 heterocycles. The summed E-state index contributed by atoms with van der Waals surface area (Å²) in [7, 11) is -4.09. The number of hydrogen-bond acceptors (Lipinski definition) is 5. The summed E-state index contributed by atoms with van der Waals surface area (Å²) in [5.74, 6) is -0.322. The van der Waals surface area contributed by atoms with E-state index in [-0.39, 0.29) is 22.8 Å². The number of aromatic nitrogens is 3. The summed E-state index contributed by atoms with van der Waals surface area (Å²) >= 11 is 5.98. The molecule has 0 bridgehead atoms. The van der Waals surface area contributed by atoms with Gasteiger partial charge in [-0.3, -0.25) is 9.52 Å². The Labute approximate surface area is 225 Å². The van der Waals surface area contributed by atoms with Crippen molar-refractivity contribution in [1.29, 1.82) is 0 Å². The zero-order valence-electron chi connectivity index (χ0n) is 20.7. The standard InChI is InChI=1S/C28H26ClN5O3S/c1-2-3-17-30-28(35)24-25-27(32-23-12-8-7-11-22(23)31-25)34(18-19-9-5-4-6-10-19)26(24)33-38(36,37)21-15-13-20(29)14-16-21/h4-16,33H,2-3,17-18H2,1H3,(H,30,35). The Bertz CT molecular complexity index is 1720. The Morgan fingerprint density at radius 2 is 1.58 bits per heavy atom. The average molecular weight is 548 g/mol. The third kappa shape index (κ3) is 5.20. The van der Waals surface area contributed by atoms with Crippen molar-refractivity contribution in [3.05, 3.63) is 95.0 Å². The number of carbonyl (C=O) groups excluding carboxylic acids is 1. The second kappa shape index (κ2) is 10.8.